The first-order valence-electron chi connectivity index (χ1n) is 11.0. The van der Waals surface area contributed by atoms with Gasteiger partial charge in [0.25, 0.3) is 0 Å². The minimum atomic E-state index is -0.0475. The molecule has 0 unspecified atom stereocenters. The van der Waals surface area contributed by atoms with Gasteiger partial charge >= 0.3 is 0 Å². The van der Waals surface area contributed by atoms with E-state index in [1.165, 1.54) is 26.4 Å². The molecule has 5 nitrogen and oxygen atoms in total. The highest BCUT2D eigenvalue weighted by molar-refractivity contribution is 7.12. The molecule has 3 aromatic rings. The van der Waals surface area contributed by atoms with E-state index in [-0.39, 0.29) is 11.9 Å². The average Bonchev–Trinajstić information content (AvgIpc) is 3.13. The zero-order chi connectivity index (χ0) is 22.7. The Hall–Kier alpha value is -2.83. The molecular formula is C26H30N2O3S. The third-order valence-corrected chi connectivity index (χ3v) is 7.31. The molecule has 1 amide bonds. The van der Waals surface area contributed by atoms with Crippen LogP contribution in [0, 0.1) is 6.92 Å². The number of amides is 1. The molecule has 1 aliphatic rings. The van der Waals surface area contributed by atoms with Crippen molar-refractivity contribution in [1.82, 2.24) is 4.90 Å². The summed E-state index contributed by atoms with van der Waals surface area (Å²) < 4.78 is 10.7. The molecule has 1 aliphatic heterocycles. The molecule has 1 atom stereocenters. The lowest BCUT2D eigenvalue weighted by Gasteiger charge is -2.36. The fraction of sp³-hybridized carbons (Fsp3) is 0.346. The second-order valence-corrected chi connectivity index (χ2v) is 9.27. The highest BCUT2D eigenvalue weighted by Crippen LogP contribution is 2.42. The van der Waals surface area contributed by atoms with Crippen LogP contribution in [0.5, 0.6) is 11.5 Å². The summed E-state index contributed by atoms with van der Waals surface area (Å²) in [5.74, 6) is 1.24. The SMILES string of the molecule is CCc1c(C)sc2c1CCN(CC(=O)Nc1cc(OC)cc(OC)c1)[C@H]2c1ccccc1. The number of fused-ring (bicyclic) bond motifs is 1. The molecule has 1 aromatic heterocycles. The minimum absolute atomic E-state index is 0.0475. The van der Waals surface area contributed by atoms with Crippen LogP contribution in [-0.4, -0.2) is 38.1 Å². The van der Waals surface area contributed by atoms with Crippen LogP contribution >= 0.6 is 11.3 Å². The normalized spacial score (nSPS) is 15.8. The number of methoxy groups -OCH3 is 2. The van der Waals surface area contributed by atoms with E-state index in [9.17, 15) is 4.79 Å². The number of benzene rings is 2. The van der Waals surface area contributed by atoms with E-state index in [0.717, 1.165) is 19.4 Å². The van der Waals surface area contributed by atoms with Crippen LogP contribution < -0.4 is 14.8 Å². The zero-order valence-electron chi connectivity index (χ0n) is 19.1. The van der Waals surface area contributed by atoms with Crippen LogP contribution in [0.15, 0.2) is 48.5 Å². The molecule has 0 fully saturated rings. The van der Waals surface area contributed by atoms with Crippen LogP contribution in [-0.2, 0) is 17.6 Å². The smallest absolute Gasteiger partial charge is 0.238 e. The van der Waals surface area contributed by atoms with Crippen molar-refractivity contribution in [2.24, 2.45) is 0 Å². The van der Waals surface area contributed by atoms with E-state index in [1.807, 2.05) is 17.4 Å². The minimum Gasteiger partial charge on any atom is -0.497 e. The number of carbonyl (C=O) groups excluding carboxylic acids is 1. The molecule has 0 spiro atoms. The van der Waals surface area contributed by atoms with Gasteiger partial charge < -0.3 is 14.8 Å². The van der Waals surface area contributed by atoms with Crippen molar-refractivity contribution in [3.8, 4) is 11.5 Å². The maximum absolute atomic E-state index is 13.1. The summed E-state index contributed by atoms with van der Waals surface area (Å²) in [6, 6.07) is 16.0. The van der Waals surface area contributed by atoms with Crippen molar-refractivity contribution in [2.45, 2.75) is 32.7 Å². The van der Waals surface area contributed by atoms with Crippen molar-refractivity contribution in [3.63, 3.8) is 0 Å². The highest BCUT2D eigenvalue weighted by atomic mass is 32.1. The Balaban J connectivity index is 1.60. The Labute approximate surface area is 194 Å². The van der Waals surface area contributed by atoms with Crippen molar-refractivity contribution < 1.29 is 14.3 Å². The molecule has 168 valence electrons. The first kappa shape index (κ1) is 22.4. The molecule has 1 N–H and O–H groups in total. The van der Waals surface area contributed by atoms with Gasteiger partial charge in [-0.25, -0.2) is 0 Å². The molecule has 0 saturated carbocycles. The second kappa shape index (κ2) is 9.76. The van der Waals surface area contributed by atoms with Gasteiger partial charge in [-0.3, -0.25) is 9.69 Å². The van der Waals surface area contributed by atoms with Gasteiger partial charge in [-0.15, -0.1) is 11.3 Å². The van der Waals surface area contributed by atoms with E-state index in [2.05, 4.69) is 48.3 Å². The Morgan fingerprint density at radius 2 is 1.81 bits per heavy atom. The number of aryl methyl sites for hydroxylation is 1. The van der Waals surface area contributed by atoms with Crippen molar-refractivity contribution in [2.75, 3.05) is 32.6 Å². The number of nitrogens with zero attached hydrogens (tertiary/aromatic N) is 1. The predicted molar refractivity (Wildman–Crippen MR) is 130 cm³/mol. The van der Waals surface area contributed by atoms with Crippen LogP contribution in [0.2, 0.25) is 0 Å². The number of nitrogens with one attached hydrogen (secondary N) is 1. The molecule has 6 heteroatoms. The van der Waals surface area contributed by atoms with Crippen LogP contribution in [0.25, 0.3) is 0 Å². The lowest BCUT2D eigenvalue weighted by Crippen LogP contribution is -2.40. The summed E-state index contributed by atoms with van der Waals surface area (Å²) in [4.78, 5) is 18.1. The summed E-state index contributed by atoms with van der Waals surface area (Å²) in [5, 5.41) is 3.03. The third kappa shape index (κ3) is 4.52. The standard InChI is InChI=1S/C26H30N2O3S/c1-5-22-17(2)32-26-23(22)11-12-28(25(26)18-9-7-6-8-10-18)16-24(29)27-19-13-20(30-3)15-21(14-19)31-4/h6-10,13-15,25H,5,11-12,16H2,1-4H3,(H,27,29)/t25-/m0/s1. The summed E-state index contributed by atoms with van der Waals surface area (Å²) in [6.07, 6.45) is 2.03. The third-order valence-electron chi connectivity index (χ3n) is 6.06. The first-order valence-corrected chi connectivity index (χ1v) is 11.8. The van der Waals surface area contributed by atoms with E-state index in [4.69, 9.17) is 9.47 Å². The number of hydrogen-bond acceptors (Lipinski definition) is 5. The summed E-state index contributed by atoms with van der Waals surface area (Å²) in [6.45, 7) is 5.62. The van der Waals surface area contributed by atoms with Crippen molar-refractivity contribution in [3.05, 3.63) is 75.0 Å². The fourth-order valence-corrected chi connectivity index (χ4v) is 6.06. The maximum Gasteiger partial charge on any atom is 0.238 e. The van der Waals surface area contributed by atoms with Gasteiger partial charge in [0.15, 0.2) is 0 Å². The largest absolute Gasteiger partial charge is 0.497 e. The quantitative estimate of drug-likeness (QED) is 0.536. The maximum atomic E-state index is 13.1. The Morgan fingerprint density at radius 3 is 2.44 bits per heavy atom. The van der Waals surface area contributed by atoms with Crippen LogP contribution in [0.1, 0.15) is 39.4 Å². The van der Waals surface area contributed by atoms with Gasteiger partial charge in [0.1, 0.15) is 11.5 Å². The molecular weight excluding hydrogens is 420 g/mol. The second-order valence-electron chi connectivity index (χ2n) is 8.02. The van der Waals surface area contributed by atoms with Crippen molar-refractivity contribution >= 4 is 22.9 Å². The zero-order valence-corrected chi connectivity index (χ0v) is 19.9. The van der Waals surface area contributed by atoms with E-state index in [0.29, 0.717) is 23.7 Å². The Kier molecular flexibility index (Phi) is 6.82. The number of ether oxygens (including phenoxy) is 2. The first-order chi connectivity index (χ1) is 15.5. The molecule has 2 aromatic carbocycles. The van der Waals surface area contributed by atoms with E-state index >= 15 is 0 Å². The summed E-state index contributed by atoms with van der Waals surface area (Å²) in [7, 11) is 3.20. The number of anilines is 1. The molecule has 32 heavy (non-hydrogen) atoms. The van der Waals surface area contributed by atoms with Crippen LogP contribution in [0.4, 0.5) is 5.69 Å². The summed E-state index contributed by atoms with van der Waals surface area (Å²) in [5.41, 5.74) is 4.87. The lowest BCUT2D eigenvalue weighted by molar-refractivity contribution is -0.117. The van der Waals surface area contributed by atoms with E-state index < -0.39 is 0 Å². The Morgan fingerprint density at radius 1 is 1.12 bits per heavy atom. The predicted octanol–water partition coefficient (Wildman–Crippen LogP) is 5.22. The molecule has 4 rings (SSSR count). The van der Waals surface area contributed by atoms with Gasteiger partial charge in [0.05, 0.1) is 26.8 Å². The summed E-state index contributed by atoms with van der Waals surface area (Å²) >= 11 is 1.88. The van der Waals surface area contributed by atoms with Crippen molar-refractivity contribution in [1.29, 1.82) is 0 Å². The number of thiophene rings is 1. The van der Waals surface area contributed by atoms with Gasteiger partial charge in [-0.2, -0.15) is 0 Å². The number of hydrogen-bond donors (Lipinski definition) is 1. The average molecular weight is 451 g/mol. The number of rotatable bonds is 7. The molecule has 0 aliphatic carbocycles. The van der Waals surface area contributed by atoms with E-state index in [1.54, 1.807) is 32.4 Å². The molecule has 0 radical (unpaired) electrons. The van der Waals surface area contributed by atoms with Crippen LogP contribution in [0.3, 0.4) is 0 Å². The molecule has 0 saturated heterocycles. The van der Waals surface area contributed by atoms with Gasteiger partial charge in [-0.1, -0.05) is 37.3 Å². The number of carbonyl (C=O) groups is 1. The van der Waals surface area contributed by atoms with Gasteiger partial charge in [-0.05, 0) is 36.5 Å². The van der Waals surface area contributed by atoms with Gasteiger partial charge in [0, 0.05) is 40.2 Å². The lowest BCUT2D eigenvalue weighted by atomic mass is 9.91. The Bertz CT molecular complexity index is 1070. The monoisotopic (exact) mass is 450 g/mol. The topological polar surface area (TPSA) is 50.8 Å². The molecule has 2 heterocycles. The van der Waals surface area contributed by atoms with Gasteiger partial charge in [0.2, 0.25) is 5.91 Å². The highest BCUT2D eigenvalue weighted by Gasteiger charge is 2.33. The fourth-order valence-electron chi connectivity index (χ4n) is 4.59. The molecule has 0 bridgehead atoms.